The lowest BCUT2D eigenvalue weighted by Crippen LogP contribution is -2.52. The zero-order chi connectivity index (χ0) is 21.7. The van der Waals surface area contributed by atoms with E-state index >= 15 is 0 Å². The quantitative estimate of drug-likeness (QED) is 0.0832. The number of carboxylic acid groups (broad SMARTS) is 2. The number of carbonyl (C=O) groups excluding carboxylic acids is 3. The van der Waals surface area contributed by atoms with Gasteiger partial charge in [0, 0.05) is 6.54 Å². The molecule has 3 amide bonds. The van der Waals surface area contributed by atoms with Crippen molar-refractivity contribution in [3.05, 3.63) is 0 Å². The highest BCUT2D eigenvalue weighted by Crippen LogP contribution is 1.96. The largest absolute Gasteiger partial charge is 0.481 e. The van der Waals surface area contributed by atoms with E-state index in [0.717, 1.165) is 0 Å². The van der Waals surface area contributed by atoms with E-state index in [9.17, 15) is 24.0 Å². The summed E-state index contributed by atoms with van der Waals surface area (Å²) < 4.78 is 0. The summed E-state index contributed by atoms with van der Waals surface area (Å²) >= 11 is 0. The Balaban J connectivity index is 4.46. The zero-order valence-corrected chi connectivity index (χ0v) is 15.0. The van der Waals surface area contributed by atoms with Crippen LogP contribution in [0.5, 0.6) is 0 Å². The lowest BCUT2D eigenvalue weighted by atomic mass is 10.1. The predicted octanol–water partition coefficient (Wildman–Crippen LogP) is -4.36. The molecule has 0 aromatic heterocycles. The fraction of sp³-hybridized carbons (Fsp3) is 0.571. The van der Waals surface area contributed by atoms with Crippen molar-refractivity contribution in [2.24, 2.45) is 22.2 Å². The first-order chi connectivity index (χ1) is 13.0. The Morgan fingerprint density at radius 3 is 2.07 bits per heavy atom. The Kier molecular flexibility index (Phi) is 11.3. The van der Waals surface area contributed by atoms with E-state index in [4.69, 9.17) is 27.4 Å². The first-order valence-corrected chi connectivity index (χ1v) is 8.12. The lowest BCUT2D eigenvalue weighted by Gasteiger charge is -2.17. The Morgan fingerprint density at radius 1 is 0.929 bits per heavy atom. The van der Waals surface area contributed by atoms with Crippen LogP contribution in [-0.2, 0) is 24.0 Å². The fourth-order valence-corrected chi connectivity index (χ4v) is 1.86. The lowest BCUT2D eigenvalue weighted by molar-refractivity contribution is -0.141. The first-order valence-electron chi connectivity index (χ1n) is 8.12. The second-order valence-corrected chi connectivity index (χ2v) is 5.60. The highest BCUT2D eigenvalue weighted by atomic mass is 16.4. The average molecular weight is 403 g/mol. The molecule has 0 bridgehead atoms. The van der Waals surface area contributed by atoms with Crippen LogP contribution in [0, 0.1) is 0 Å². The number of aliphatic imine (C=N–C) groups is 1. The number of hydrogen-bond acceptors (Lipinski definition) is 7. The SMILES string of the molecule is NC(N)=NCCC[C@H](N)C(=O)NCC(=O)N[C@@H](CC(=O)O)C(=O)NCC(=O)O. The van der Waals surface area contributed by atoms with Gasteiger partial charge >= 0.3 is 11.9 Å². The molecule has 11 N–H and O–H groups in total. The number of nitrogens with zero attached hydrogens (tertiary/aromatic N) is 1. The van der Waals surface area contributed by atoms with Crippen LogP contribution in [0.25, 0.3) is 0 Å². The molecule has 0 aliphatic heterocycles. The number of rotatable bonds is 13. The molecule has 0 fully saturated rings. The number of amides is 3. The highest BCUT2D eigenvalue weighted by molar-refractivity contribution is 5.93. The average Bonchev–Trinajstić information content (AvgIpc) is 2.59. The minimum absolute atomic E-state index is 0.0852. The van der Waals surface area contributed by atoms with Crippen molar-refractivity contribution in [1.82, 2.24) is 16.0 Å². The monoisotopic (exact) mass is 403 g/mol. The molecule has 14 heteroatoms. The van der Waals surface area contributed by atoms with E-state index in [-0.39, 0.29) is 18.9 Å². The van der Waals surface area contributed by atoms with Gasteiger partial charge in [-0.25, -0.2) is 0 Å². The van der Waals surface area contributed by atoms with Gasteiger partial charge in [0.05, 0.1) is 19.0 Å². The second-order valence-electron chi connectivity index (χ2n) is 5.60. The number of nitrogens with one attached hydrogen (secondary N) is 3. The van der Waals surface area contributed by atoms with Crippen molar-refractivity contribution < 1.29 is 34.2 Å². The normalized spacial score (nSPS) is 12.2. The summed E-state index contributed by atoms with van der Waals surface area (Å²) in [6.45, 7) is -1.01. The van der Waals surface area contributed by atoms with Crippen LogP contribution in [0.4, 0.5) is 0 Å². The maximum Gasteiger partial charge on any atom is 0.322 e. The van der Waals surface area contributed by atoms with Gasteiger partial charge in [0.25, 0.3) is 0 Å². The molecule has 0 aliphatic rings. The molecule has 0 saturated heterocycles. The van der Waals surface area contributed by atoms with Crippen LogP contribution < -0.4 is 33.2 Å². The van der Waals surface area contributed by atoms with E-state index in [1.54, 1.807) is 0 Å². The van der Waals surface area contributed by atoms with E-state index in [0.29, 0.717) is 6.42 Å². The number of carboxylic acids is 2. The predicted molar refractivity (Wildman–Crippen MR) is 95.7 cm³/mol. The molecule has 14 nitrogen and oxygen atoms in total. The van der Waals surface area contributed by atoms with Gasteiger partial charge in [-0.05, 0) is 12.8 Å². The third-order valence-electron chi connectivity index (χ3n) is 3.17. The Morgan fingerprint density at radius 2 is 1.54 bits per heavy atom. The topological polar surface area (TPSA) is 252 Å². The van der Waals surface area contributed by atoms with Crippen molar-refractivity contribution in [1.29, 1.82) is 0 Å². The van der Waals surface area contributed by atoms with Crippen LogP contribution in [-0.4, -0.2) is 77.6 Å². The van der Waals surface area contributed by atoms with E-state index in [1.165, 1.54) is 0 Å². The van der Waals surface area contributed by atoms with Gasteiger partial charge in [0.1, 0.15) is 12.6 Å². The fourth-order valence-electron chi connectivity index (χ4n) is 1.86. The smallest absolute Gasteiger partial charge is 0.322 e. The van der Waals surface area contributed by atoms with Crippen LogP contribution in [0.1, 0.15) is 19.3 Å². The maximum atomic E-state index is 11.8. The number of nitrogens with two attached hydrogens (primary N) is 3. The van der Waals surface area contributed by atoms with Crippen LogP contribution in [0.2, 0.25) is 0 Å². The summed E-state index contributed by atoms with van der Waals surface area (Å²) in [4.78, 5) is 60.4. The molecule has 0 aromatic carbocycles. The van der Waals surface area contributed by atoms with E-state index in [2.05, 4.69) is 15.6 Å². The molecule has 158 valence electrons. The summed E-state index contributed by atoms with van der Waals surface area (Å²) in [6, 6.07) is -2.43. The molecular weight excluding hydrogens is 378 g/mol. The van der Waals surface area contributed by atoms with E-state index in [1.807, 2.05) is 5.32 Å². The molecule has 0 aliphatic carbocycles. The Bertz CT molecular complexity index is 619. The van der Waals surface area contributed by atoms with Crippen LogP contribution in [0.15, 0.2) is 4.99 Å². The summed E-state index contributed by atoms with van der Waals surface area (Å²) in [5.41, 5.74) is 16.0. The summed E-state index contributed by atoms with van der Waals surface area (Å²) in [7, 11) is 0. The maximum absolute atomic E-state index is 11.8. The van der Waals surface area contributed by atoms with Gasteiger partial charge in [-0.15, -0.1) is 0 Å². The second kappa shape index (κ2) is 12.9. The van der Waals surface area contributed by atoms with Gasteiger partial charge in [-0.2, -0.15) is 0 Å². The van der Waals surface area contributed by atoms with Crippen molar-refractivity contribution >= 4 is 35.6 Å². The molecule has 0 heterocycles. The Labute approximate surface area is 159 Å². The van der Waals surface area contributed by atoms with Crippen molar-refractivity contribution in [2.45, 2.75) is 31.3 Å². The van der Waals surface area contributed by atoms with Crippen molar-refractivity contribution in [2.75, 3.05) is 19.6 Å². The highest BCUT2D eigenvalue weighted by Gasteiger charge is 2.24. The number of guanidine groups is 1. The van der Waals surface area contributed by atoms with Crippen molar-refractivity contribution in [3.63, 3.8) is 0 Å². The van der Waals surface area contributed by atoms with Gasteiger partial charge in [-0.1, -0.05) is 0 Å². The number of carbonyl (C=O) groups is 5. The molecule has 0 spiro atoms. The van der Waals surface area contributed by atoms with Gasteiger partial charge in [0.15, 0.2) is 5.96 Å². The molecule has 0 rings (SSSR count). The molecule has 28 heavy (non-hydrogen) atoms. The number of hydrogen-bond donors (Lipinski definition) is 8. The molecule has 2 atom stereocenters. The minimum atomic E-state index is -1.51. The molecular formula is C14H25N7O7. The number of aliphatic carboxylic acids is 2. The minimum Gasteiger partial charge on any atom is -0.481 e. The Hall–Kier alpha value is -3.42. The van der Waals surface area contributed by atoms with E-state index < -0.39 is 61.3 Å². The van der Waals surface area contributed by atoms with Crippen LogP contribution in [0.3, 0.4) is 0 Å². The summed E-state index contributed by atoms with van der Waals surface area (Å²) in [5, 5.41) is 23.6. The summed E-state index contributed by atoms with van der Waals surface area (Å²) in [6.07, 6.45) is -0.0813. The molecule has 0 saturated carbocycles. The molecule has 0 aromatic rings. The van der Waals surface area contributed by atoms with Crippen LogP contribution >= 0.6 is 0 Å². The molecule has 0 radical (unpaired) electrons. The summed E-state index contributed by atoms with van der Waals surface area (Å²) in [5.74, 6) is -5.28. The third-order valence-corrected chi connectivity index (χ3v) is 3.17. The first kappa shape index (κ1) is 24.6. The molecule has 0 unspecified atom stereocenters. The third kappa shape index (κ3) is 12.0. The van der Waals surface area contributed by atoms with Crippen molar-refractivity contribution in [3.8, 4) is 0 Å². The standard InChI is InChI=1S/C14H25N7O7/c15-7(2-1-3-18-14(16)17)12(27)19-5-9(22)21-8(4-10(23)24)13(28)20-6-11(25)26/h7-8H,1-6,15H2,(H,19,27)(H,20,28)(H,21,22)(H,23,24)(H,25,26)(H4,16,17,18)/t7-,8-/m0/s1. The zero-order valence-electron chi connectivity index (χ0n) is 15.0. The van der Waals surface area contributed by atoms with Gasteiger partial charge < -0.3 is 43.4 Å². The van der Waals surface area contributed by atoms with Gasteiger partial charge in [0.2, 0.25) is 17.7 Å². The van der Waals surface area contributed by atoms with Gasteiger partial charge in [-0.3, -0.25) is 29.0 Å².